The Bertz CT molecular complexity index is 927. The molecule has 2 aromatic rings. The largest absolute Gasteiger partial charge is 0.428 e. The quantitative estimate of drug-likeness (QED) is 0.456. The van der Waals surface area contributed by atoms with Crippen molar-refractivity contribution in [3.8, 4) is 0 Å². The van der Waals surface area contributed by atoms with Crippen LogP contribution >= 0.6 is 0 Å². The second-order valence-electron chi connectivity index (χ2n) is 7.75. The Kier molecular flexibility index (Phi) is 6.88. The average molecular weight is 448 g/mol. The molecule has 8 heteroatoms. The molecule has 0 radical (unpaired) electrons. The van der Waals surface area contributed by atoms with Crippen LogP contribution < -0.4 is 0 Å². The second-order valence-corrected chi connectivity index (χ2v) is 7.75. The van der Waals surface area contributed by atoms with Gasteiger partial charge in [0.05, 0.1) is 5.60 Å². The summed E-state index contributed by atoms with van der Waals surface area (Å²) >= 11 is 0. The molecule has 0 aliphatic rings. The van der Waals surface area contributed by atoms with Crippen LogP contribution in [0.25, 0.3) is 16.3 Å². The fraction of sp³-hybridized carbons (Fsp3) is 0.478. The van der Waals surface area contributed by atoms with E-state index in [1.807, 2.05) is 13.0 Å². The lowest BCUT2D eigenvalue weighted by Crippen LogP contribution is -2.65. The van der Waals surface area contributed by atoms with E-state index in [4.69, 9.17) is 4.74 Å². The molecule has 0 aromatic heterocycles. The number of hydrogen-bond acceptors (Lipinski definition) is 2. The lowest BCUT2D eigenvalue weighted by atomic mass is 9.85. The monoisotopic (exact) mass is 448 g/mol. The summed E-state index contributed by atoms with van der Waals surface area (Å²) < 4.78 is 85.3. The number of fused-ring (bicyclic) bond motifs is 1. The van der Waals surface area contributed by atoms with Crippen LogP contribution in [0.1, 0.15) is 51.7 Å². The van der Waals surface area contributed by atoms with E-state index in [1.165, 1.54) is 0 Å². The number of benzene rings is 2. The zero-order valence-corrected chi connectivity index (χ0v) is 17.8. The predicted molar refractivity (Wildman–Crippen MR) is 109 cm³/mol. The third-order valence-electron chi connectivity index (χ3n) is 5.86. The van der Waals surface area contributed by atoms with Crippen LogP contribution in [0.3, 0.4) is 0 Å². The summed E-state index contributed by atoms with van der Waals surface area (Å²) in [5.74, 6) is 0. The summed E-state index contributed by atoms with van der Waals surface area (Å²) in [5, 5.41) is 11.3. The molecular weight excluding hydrogens is 422 g/mol. The number of aliphatic hydroxyl groups is 1. The van der Waals surface area contributed by atoms with Gasteiger partial charge in [0, 0.05) is 0 Å². The molecule has 0 saturated heterocycles. The minimum atomic E-state index is -5.96. The molecule has 0 heterocycles. The maximum Gasteiger partial charge on any atom is 0.428 e. The highest BCUT2D eigenvalue weighted by molar-refractivity contribution is 5.93. The van der Waals surface area contributed by atoms with Gasteiger partial charge in [-0.2, -0.15) is 26.3 Å². The first kappa shape index (κ1) is 25.2. The number of alkyl halides is 6. The number of rotatable bonds is 7. The van der Waals surface area contributed by atoms with Crippen molar-refractivity contribution in [2.75, 3.05) is 0 Å². The topological polar surface area (TPSA) is 29.5 Å². The van der Waals surface area contributed by atoms with Gasteiger partial charge in [-0.3, -0.25) is 0 Å². The zero-order valence-electron chi connectivity index (χ0n) is 17.8. The lowest BCUT2D eigenvalue weighted by molar-refractivity contribution is -0.400. The highest BCUT2D eigenvalue weighted by Crippen LogP contribution is 2.48. The Hall–Kier alpha value is -2.06. The minimum absolute atomic E-state index is 0.102. The van der Waals surface area contributed by atoms with Crippen molar-refractivity contribution in [2.45, 2.75) is 70.2 Å². The second kappa shape index (κ2) is 8.47. The standard InChI is InChI=1S/C23H26F6O2/c1-6-20(7-2,31-15(5)21(30,22(24,25)26)23(27,28)29)17-11-12-19-16(13-17)9-8-10-18(19)14(3)4/h8-13,15,30H,3,6-7H2,1-2,4-5H3. The summed E-state index contributed by atoms with van der Waals surface area (Å²) in [6.07, 6.45) is -14.3. The highest BCUT2D eigenvalue weighted by atomic mass is 19.4. The number of ether oxygens (including phenoxy) is 1. The molecule has 0 amide bonds. The van der Waals surface area contributed by atoms with E-state index < -0.39 is 29.7 Å². The van der Waals surface area contributed by atoms with Gasteiger partial charge >= 0.3 is 12.4 Å². The summed E-state index contributed by atoms with van der Waals surface area (Å²) in [5.41, 5.74) is -4.32. The molecule has 0 fully saturated rings. The van der Waals surface area contributed by atoms with E-state index in [9.17, 15) is 31.4 Å². The summed E-state index contributed by atoms with van der Waals surface area (Å²) in [6, 6.07) is 10.6. The van der Waals surface area contributed by atoms with Gasteiger partial charge in [0.1, 0.15) is 6.10 Å². The maximum absolute atomic E-state index is 13.3. The van der Waals surface area contributed by atoms with E-state index in [2.05, 4.69) is 6.58 Å². The van der Waals surface area contributed by atoms with E-state index in [0.717, 1.165) is 21.9 Å². The Labute approximate surface area is 177 Å². The SMILES string of the molecule is C=C(C)c1cccc2cc(C(CC)(CC)OC(C)C(O)(C(F)(F)F)C(F)(F)F)ccc12. The Morgan fingerprint density at radius 3 is 2.00 bits per heavy atom. The van der Waals surface area contributed by atoms with Gasteiger partial charge < -0.3 is 9.84 Å². The molecule has 2 aromatic carbocycles. The number of allylic oxidation sites excluding steroid dienone is 1. The van der Waals surface area contributed by atoms with Crippen molar-refractivity contribution >= 4 is 16.3 Å². The van der Waals surface area contributed by atoms with Gasteiger partial charge in [0.25, 0.3) is 5.60 Å². The van der Waals surface area contributed by atoms with Crippen molar-refractivity contribution < 1.29 is 36.2 Å². The molecule has 0 bridgehead atoms. The summed E-state index contributed by atoms with van der Waals surface area (Å²) in [4.78, 5) is 0. The molecule has 0 saturated carbocycles. The smallest absolute Gasteiger partial charge is 0.372 e. The summed E-state index contributed by atoms with van der Waals surface area (Å²) in [6.45, 7) is 9.59. The Morgan fingerprint density at radius 1 is 1.00 bits per heavy atom. The average Bonchev–Trinajstić information content (AvgIpc) is 2.68. The third kappa shape index (κ3) is 4.32. The van der Waals surface area contributed by atoms with Crippen LogP contribution in [0, 0.1) is 0 Å². The Morgan fingerprint density at radius 2 is 1.55 bits per heavy atom. The molecule has 0 aliphatic heterocycles. The van der Waals surface area contributed by atoms with Crippen molar-refractivity contribution in [1.29, 1.82) is 0 Å². The first-order valence-electron chi connectivity index (χ1n) is 9.87. The van der Waals surface area contributed by atoms with Crippen LogP contribution in [0.5, 0.6) is 0 Å². The molecule has 0 spiro atoms. The minimum Gasteiger partial charge on any atom is -0.372 e. The van der Waals surface area contributed by atoms with E-state index >= 15 is 0 Å². The van der Waals surface area contributed by atoms with Crippen LogP contribution in [0.15, 0.2) is 43.0 Å². The molecule has 1 atom stereocenters. The van der Waals surface area contributed by atoms with E-state index in [1.54, 1.807) is 44.2 Å². The zero-order chi connectivity index (χ0) is 23.8. The van der Waals surface area contributed by atoms with Gasteiger partial charge in [-0.05, 0) is 54.7 Å². The normalized spacial score (nSPS) is 14.7. The molecule has 2 nitrogen and oxygen atoms in total. The molecule has 0 aliphatic carbocycles. The fourth-order valence-corrected chi connectivity index (χ4v) is 3.88. The van der Waals surface area contributed by atoms with Crippen molar-refractivity contribution in [1.82, 2.24) is 0 Å². The van der Waals surface area contributed by atoms with Gasteiger partial charge in [-0.1, -0.05) is 56.3 Å². The predicted octanol–water partition coefficient (Wildman–Crippen LogP) is 7.15. The Balaban J connectivity index is 2.59. The van der Waals surface area contributed by atoms with Crippen molar-refractivity contribution in [3.63, 3.8) is 0 Å². The lowest BCUT2D eigenvalue weighted by Gasteiger charge is -2.42. The molecular formula is C23H26F6O2. The first-order valence-corrected chi connectivity index (χ1v) is 9.87. The number of hydrogen-bond donors (Lipinski definition) is 1. The van der Waals surface area contributed by atoms with Crippen LogP contribution in [0.2, 0.25) is 0 Å². The van der Waals surface area contributed by atoms with Crippen molar-refractivity contribution in [2.24, 2.45) is 0 Å². The summed E-state index contributed by atoms with van der Waals surface area (Å²) in [7, 11) is 0. The molecule has 1 unspecified atom stereocenters. The van der Waals surface area contributed by atoms with Crippen LogP contribution in [-0.4, -0.2) is 29.2 Å². The van der Waals surface area contributed by atoms with Gasteiger partial charge in [-0.15, -0.1) is 0 Å². The molecule has 1 N–H and O–H groups in total. The van der Waals surface area contributed by atoms with Gasteiger partial charge in [0.2, 0.25) is 0 Å². The van der Waals surface area contributed by atoms with E-state index in [-0.39, 0.29) is 12.8 Å². The third-order valence-corrected chi connectivity index (χ3v) is 5.86. The fourth-order valence-electron chi connectivity index (χ4n) is 3.88. The molecule has 31 heavy (non-hydrogen) atoms. The van der Waals surface area contributed by atoms with Crippen LogP contribution in [-0.2, 0) is 10.3 Å². The first-order chi connectivity index (χ1) is 14.1. The molecule has 172 valence electrons. The van der Waals surface area contributed by atoms with E-state index in [0.29, 0.717) is 12.5 Å². The van der Waals surface area contributed by atoms with Crippen molar-refractivity contribution in [3.05, 3.63) is 54.1 Å². The van der Waals surface area contributed by atoms with Gasteiger partial charge in [-0.25, -0.2) is 0 Å². The number of halogens is 6. The molecule has 2 rings (SSSR count). The maximum atomic E-state index is 13.3. The van der Waals surface area contributed by atoms with Gasteiger partial charge in [0.15, 0.2) is 0 Å². The highest BCUT2D eigenvalue weighted by Gasteiger charge is 2.74. The van der Waals surface area contributed by atoms with Crippen LogP contribution in [0.4, 0.5) is 26.3 Å².